The normalized spacial score (nSPS) is 13.7. The molecule has 0 aromatic carbocycles. The van der Waals surface area contributed by atoms with Gasteiger partial charge in [-0.25, -0.2) is 0 Å². The van der Waals surface area contributed by atoms with Crippen molar-refractivity contribution in [3.05, 3.63) is 6.42 Å². The van der Waals surface area contributed by atoms with Crippen LogP contribution in [0, 0.1) is 6.42 Å². The van der Waals surface area contributed by atoms with Crippen molar-refractivity contribution in [1.29, 1.82) is 0 Å². The van der Waals surface area contributed by atoms with E-state index in [-0.39, 0.29) is 42.6 Å². The molecule has 0 aromatic heterocycles. The first-order valence-corrected chi connectivity index (χ1v) is 4.07. The molecule has 1 unspecified atom stereocenters. The zero-order chi connectivity index (χ0) is 8.20. The van der Waals surface area contributed by atoms with Gasteiger partial charge in [0, 0.05) is 13.0 Å². The van der Waals surface area contributed by atoms with Gasteiger partial charge in [-0.3, -0.25) is 4.55 Å². The molecule has 0 bridgehead atoms. The number of rotatable bonds is 4. The minimum absolute atomic E-state index is 0. The van der Waals surface area contributed by atoms with Crippen molar-refractivity contribution in [2.45, 2.75) is 11.9 Å². The predicted octanol–water partition coefficient (Wildman–Crippen LogP) is -1.87. The number of aliphatic hydroxyl groups is 2. The third-order valence-corrected chi connectivity index (χ3v) is 1.61. The number of hydrogen-bond acceptors (Lipinski definition) is 4. The zero-order valence-electron chi connectivity index (χ0n) is 5.14. The third kappa shape index (κ3) is 7.20. The SMILES string of the molecule is O=S(=O)(O)C(O)[CH]CCO.[NaH]. The molecular weight excluding hydrogens is 183 g/mol. The molecule has 0 amide bonds. The second kappa shape index (κ2) is 6.36. The van der Waals surface area contributed by atoms with Crippen LogP contribution < -0.4 is 0 Å². The van der Waals surface area contributed by atoms with Crippen LogP contribution in [0.1, 0.15) is 6.42 Å². The van der Waals surface area contributed by atoms with Crippen molar-refractivity contribution in [1.82, 2.24) is 0 Å². The molecule has 0 rings (SSSR count). The minimum atomic E-state index is -4.39. The van der Waals surface area contributed by atoms with E-state index in [9.17, 15) is 8.42 Å². The van der Waals surface area contributed by atoms with Crippen molar-refractivity contribution < 1.29 is 23.2 Å². The van der Waals surface area contributed by atoms with Crippen molar-refractivity contribution in [3.63, 3.8) is 0 Å². The first-order chi connectivity index (χ1) is 4.48. The van der Waals surface area contributed by atoms with Crippen LogP contribution in [0.5, 0.6) is 0 Å². The average molecular weight is 193 g/mol. The van der Waals surface area contributed by atoms with Gasteiger partial charge in [-0.1, -0.05) is 0 Å². The predicted molar refractivity (Wildman–Crippen MR) is 40.7 cm³/mol. The number of hydrogen-bond donors (Lipinski definition) is 3. The van der Waals surface area contributed by atoms with Gasteiger partial charge in [0.1, 0.15) is 0 Å². The molecule has 0 saturated carbocycles. The summed E-state index contributed by atoms with van der Waals surface area (Å²) in [5.74, 6) is 0. The molecule has 0 aliphatic rings. The molecule has 0 fully saturated rings. The van der Waals surface area contributed by atoms with Crippen LogP contribution in [-0.2, 0) is 10.1 Å². The second-order valence-electron chi connectivity index (χ2n) is 1.65. The average Bonchev–Trinajstić information content (AvgIpc) is 1.80. The van der Waals surface area contributed by atoms with Gasteiger partial charge in [0.15, 0.2) is 5.44 Å². The summed E-state index contributed by atoms with van der Waals surface area (Å²) in [6.45, 7) is -0.257. The van der Waals surface area contributed by atoms with Gasteiger partial charge in [0.25, 0.3) is 10.1 Å². The molecule has 7 heteroatoms. The fourth-order valence-corrected chi connectivity index (χ4v) is 0.718. The van der Waals surface area contributed by atoms with E-state index in [1.165, 1.54) is 0 Å². The summed E-state index contributed by atoms with van der Waals surface area (Å²) < 4.78 is 28.2. The van der Waals surface area contributed by atoms with Crippen LogP contribution in [0.3, 0.4) is 0 Å². The molecule has 0 aliphatic heterocycles. The fourth-order valence-electron chi connectivity index (χ4n) is 0.339. The van der Waals surface area contributed by atoms with Gasteiger partial charge >= 0.3 is 29.6 Å². The van der Waals surface area contributed by atoms with Gasteiger partial charge in [0.2, 0.25) is 0 Å². The summed E-state index contributed by atoms with van der Waals surface area (Å²) in [6.07, 6.45) is 0.927. The van der Waals surface area contributed by atoms with E-state index in [0.717, 1.165) is 6.42 Å². The summed E-state index contributed by atoms with van der Waals surface area (Å²) >= 11 is 0. The Labute approximate surface area is 87.5 Å². The summed E-state index contributed by atoms with van der Waals surface area (Å²) in [5, 5.41) is 16.7. The summed E-state index contributed by atoms with van der Waals surface area (Å²) in [6, 6.07) is 0. The molecule has 0 aliphatic carbocycles. The van der Waals surface area contributed by atoms with Gasteiger partial charge in [-0.15, -0.1) is 0 Å². The molecule has 5 nitrogen and oxygen atoms in total. The van der Waals surface area contributed by atoms with Crippen LogP contribution in [0.4, 0.5) is 0 Å². The fraction of sp³-hybridized carbons (Fsp3) is 0.750. The summed E-state index contributed by atoms with van der Waals surface area (Å²) in [5.41, 5.74) is -1.89. The van der Waals surface area contributed by atoms with Crippen molar-refractivity contribution in [2.24, 2.45) is 0 Å². The molecule has 1 atom stereocenters. The van der Waals surface area contributed by atoms with E-state index in [4.69, 9.17) is 14.8 Å². The van der Waals surface area contributed by atoms with Crippen LogP contribution in [0.25, 0.3) is 0 Å². The summed E-state index contributed by atoms with van der Waals surface area (Å²) in [4.78, 5) is 0. The third-order valence-electron chi connectivity index (χ3n) is 0.803. The van der Waals surface area contributed by atoms with E-state index in [1.807, 2.05) is 0 Å². The van der Waals surface area contributed by atoms with Crippen LogP contribution in [0.15, 0.2) is 0 Å². The Kier molecular flexibility index (Phi) is 8.30. The van der Waals surface area contributed by atoms with Crippen LogP contribution in [-0.4, -0.2) is 64.8 Å². The molecule has 0 saturated heterocycles. The Balaban J connectivity index is 0. The Morgan fingerprint density at radius 3 is 2.18 bits per heavy atom. The standard InChI is InChI=1S/C4H9O5S.Na.H/c5-3-1-2-4(6)10(7,8)9;;/h2,4-6H,1,3H2,(H,7,8,9);;. The number of aliphatic hydroxyl groups excluding tert-OH is 2. The maximum absolute atomic E-state index is 10.0. The first kappa shape index (κ1) is 14.4. The summed E-state index contributed by atoms with van der Waals surface area (Å²) in [7, 11) is -4.39. The van der Waals surface area contributed by atoms with Crippen molar-refractivity contribution in [2.75, 3.05) is 6.61 Å². The maximum atomic E-state index is 10.0. The van der Waals surface area contributed by atoms with Gasteiger partial charge in [-0.05, 0) is 6.42 Å². The molecule has 0 aromatic rings. The van der Waals surface area contributed by atoms with Crippen LogP contribution in [0.2, 0.25) is 0 Å². The van der Waals surface area contributed by atoms with Gasteiger partial charge < -0.3 is 10.2 Å². The first-order valence-electron chi connectivity index (χ1n) is 2.57. The van der Waals surface area contributed by atoms with Gasteiger partial charge in [0.05, 0.1) is 0 Å². The Bertz CT molecular complexity index is 177. The molecule has 0 spiro atoms. The van der Waals surface area contributed by atoms with Crippen LogP contribution >= 0.6 is 0 Å². The Morgan fingerprint density at radius 1 is 1.45 bits per heavy atom. The molecule has 0 heterocycles. The van der Waals surface area contributed by atoms with Crippen molar-refractivity contribution >= 4 is 39.7 Å². The molecular formula is C4H10NaO5S. The second-order valence-corrected chi connectivity index (χ2v) is 3.17. The van der Waals surface area contributed by atoms with Crippen molar-refractivity contribution in [3.8, 4) is 0 Å². The van der Waals surface area contributed by atoms with Gasteiger partial charge in [-0.2, -0.15) is 8.42 Å². The molecule has 63 valence electrons. The zero-order valence-corrected chi connectivity index (χ0v) is 5.95. The topological polar surface area (TPSA) is 94.8 Å². The Hall–Kier alpha value is 0.830. The quantitative estimate of drug-likeness (QED) is 0.359. The molecule has 11 heavy (non-hydrogen) atoms. The van der Waals surface area contributed by atoms with E-state index < -0.39 is 15.6 Å². The van der Waals surface area contributed by atoms with E-state index in [2.05, 4.69) is 0 Å². The molecule has 1 radical (unpaired) electrons. The molecule has 3 N–H and O–H groups in total. The van der Waals surface area contributed by atoms with E-state index >= 15 is 0 Å². The van der Waals surface area contributed by atoms with E-state index in [1.54, 1.807) is 0 Å². The Morgan fingerprint density at radius 2 is 1.91 bits per heavy atom. The van der Waals surface area contributed by atoms with E-state index in [0.29, 0.717) is 0 Å². The monoisotopic (exact) mass is 193 g/mol.